The summed E-state index contributed by atoms with van der Waals surface area (Å²) in [5.74, 6) is 1.32. The molecule has 0 saturated carbocycles. The number of hydrogen-bond acceptors (Lipinski definition) is 4. The lowest BCUT2D eigenvalue weighted by molar-refractivity contribution is -0.126. The molecule has 124 valence electrons. The van der Waals surface area contributed by atoms with Crippen molar-refractivity contribution in [3.63, 3.8) is 0 Å². The number of amides is 1. The number of nitrogens with zero attached hydrogens (tertiary/aromatic N) is 1. The topological polar surface area (TPSA) is 48.0 Å². The van der Waals surface area contributed by atoms with Gasteiger partial charge in [-0.05, 0) is 34.9 Å². The SMILES string of the molecule is COc1cc2c(cc1OC)C13CC(OC)C=CC1=CC(=O)N3C=C2. The standard InChI is InChI=1S/C19H19NO4/c1-22-14-5-4-13-9-18(21)20-7-6-12-8-16(23-2)17(24-3)10-15(12)19(13,20)11-14/h4-10,14H,11H2,1-3H3. The van der Waals surface area contributed by atoms with Gasteiger partial charge < -0.3 is 19.1 Å². The molecule has 2 heterocycles. The van der Waals surface area contributed by atoms with Crippen LogP contribution >= 0.6 is 0 Å². The van der Waals surface area contributed by atoms with Crippen molar-refractivity contribution >= 4 is 12.0 Å². The van der Waals surface area contributed by atoms with Gasteiger partial charge >= 0.3 is 0 Å². The zero-order valence-corrected chi connectivity index (χ0v) is 13.9. The van der Waals surface area contributed by atoms with E-state index < -0.39 is 5.54 Å². The van der Waals surface area contributed by atoms with Crippen LogP contribution in [0.1, 0.15) is 17.5 Å². The third-order valence-electron chi connectivity index (χ3n) is 5.10. The fraction of sp³-hybridized carbons (Fsp3) is 0.316. The van der Waals surface area contributed by atoms with Crippen molar-refractivity contribution in [1.29, 1.82) is 0 Å². The first-order valence-electron chi connectivity index (χ1n) is 7.85. The highest BCUT2D eigenvalue weighted by atomic mass is 16.5. The molecule has 1 aromatic rings. The van der Waals surface area contributed by atoms with Gasteiger partial charge in [-0.2, -0.15) is 0 Å². The molecule has 4 rings (SSSR count). The molecule has 1 spiro atoms. The Morgan fingerprint density at radius 1 is 1.12 bits per heavy atom. The second-order valence-electron chi connectivity index (χ2n) is 6.12. The van der Waals surface area contributed by atoms with Crippen LogP contribution in [0.25, 0.3) is 6.08 Å². The van der Waals surface area contributed by atoms with Crippen LogP contribution in [-0.4, -0.2) is 38.2 Å². The van der Waals surface area contributed by atoms with Gasteiger partial charge in [0.2, 0.25) is 0 Å². The minimum absolute atomic E-state index is 0.0110. The quantitative estimate of drug-likeness (QED) is 0.857. The second kappa shape index (κ2) is 5.24. The average molecular weight is 325 g/mol. The van der Waals surface area contributed by atoms with Crippen LogP contribution < -0.4 is 9.47 Å². The van der Waals surface area contributed by atoms with Crippen LogP contribution in [0.3, 0.4) is 0 Å². The van der Waals surface area contributed by atoms with Crippen LogP contribution in [0.15, 0.2) is 42.1 Å². The number of hydrogen-bond donors (Lipinski definition) is 0. The monoisotopic (exact) mass is 325 g/mol. The van der Waals surface area contributed by atoms with Crippen LogP contribution in [0.5, 0.6) is 11.5 Å². The Hall–Kier alpha value is -2.53. The maximum atomic E-state index is 12.5. The van der Waals surface area contributed by atoms with Crippen LogP contribution in [0.2, 0.25) is 0 Å². The molecule has 0 bridgehead atoms. The van der Waals surface area contributed by atoms with E-state index in [9.17, 15) is 4.79 Å². The number of carbonyl (C=O) groups excluding carboxylic acids is 1. The minimum atomic E-state index is -0.545. The number of carbonyl (C=O) groups is 1. The molecule has 0 aromatic heterocycles. The Morgan fingerprint density at radius 2 is 1.88 bits per heavy atom. The lowest BCUT2D eigenvalue weighted by Crippen LogP contribution is -2.48. The highest BCUT2D eigenvalue weighted by Gasteiger charge is 2.52. The van der Waals surface area contributed by atoms with Gasteiger partial charge in [-0.25, -0.2) is 0 Å². The van der Waals surface area contributed by atoms with E-state index in [-0.39, 0.29) is 12.0 Å². The van der Waals surface area contributed by atoms with Gasteiger partial charge in [0, 0.05) is 25.8 Å². The average Bonchev–Trinajstić information content (AvgIpc) is 2.91. The van der Waals surface area contributed by atoms with Gasteiger partial charge in [-0.15, -0.1) is 0 Å². The molecule has 0 fully saturated rings. The van der Waals surface area contributed by atoms with Crippen molar-refractivity contribution in [3.05, 3.63) is 53.3 Å². The summed E-state index contributed by atoms with van der Waals surface area (Å²) in [6.07, 6.45) is 10.1. The Labute approximate surface area is 140 Å². The molecule has 2 atom stereocenters. The minimum Gasteiger partial charge on any atom is -0.493 e. The lowest BCUT2D eigenvalue weighted by atomic mass is 9.72. The normalized spacial score (nSPS) is 26.6. The molecule has 24 heavy (non-hydrogen) atoms. The maximum absolute atomic E-state index is 12.5. The van der Waals surface area contributed by atoms with E-state index in [1.54, 1.807) is 32.3 Å². The summed E-state index contributed by atoms with van der Waals surface area (Å²) < 4.78 is 16.5. The first kappa shape index (κ1) is 15.0. The Morgan fingerprint density at radius 3 is 2.58 bits per heavy atom. The summed E-state index contributed by atoms with van der Waals surface area (Å²) >= 11 is 0. The van der Waals surface area contributed by atoms with E-state index in [2.05, 4.69) is 0 Å². The van der Waals surface area contributed by atoms with Crippen molar-refractivity contribution in [3.8, 4) is 11.5 Å². The van der Waals surface area contributed by atoms with Crippen molar-refractivity contribution in [2.75, 3.05) is 21.3 Å². The van der Waals surface area contributed by atoms with Gasteiger partial charge in [-0.1, -0.05) is 12.2 Å². The van der Waals surface area contributed by atoms with Crippen molar-refractivity contribution < 1.29 is 19.0 Å². The zero-order chi connectivity index (χ0) is 16.9. The van der Waals surface area contributed by atoms with Crippen LogP contribution in [-0.2, 0) is 15.1 Å². The second-order valence-corrected chi connectivity index (χ2v) is 6.12. The molecule has 5 nitrogen and oxygen atoms in total. The Balaban J connectivity index is 1.97. The number of methoxy groups -OCH3 is 3. The van der Waals surface area contributed by atoms with E-state index >= 15 is 0 Å². The van der Waals surface area contributed by atoms with Crippen molar-refractivity contribution in [2.24, 2.45) is 0 Å². The molecule has 1 aromatic carbocycles. The third kappa shape index (κ3) is 1.82. The van der Waals surface area contributed by atoms with Gasteiger partial charge in [0.1, 0.15) is 5.54 Å². The molecule has 0 saturated heterocycles. The smallest absolute Gasteiger partial charge is 0.251 e. The number of fused-ring (bicyclic) bond motifs is 1. The Bertz CT molecular complexity index is 808. The zero-order valence-electron chi connectivity index (χ0n) is 13.9. The molecule has 2 unspecified atom stereocenters. The third-order valence-corrected chi connectivity index (χ3v) is 5.10. The molecule has 5 heteroatoms. The summed E-state index contributed by atoms with van der Waals surface area (Å²) in [6, 6.07) is 3.93. The maximum Gasteiger partial charge on any atom is 0.251 e. The highest BCUT2D eigenvalue weighted by Crippen LogP contribution is 2.52. The molecular weight excluding hydrogens is 306 g/mol. The van der Waals surface area contributed by atoms with E-state index in [4.69, 9.17) is 14.2 Å². The van der Waals surface area contributed by atoms with E-state index in [1.165, 1.54) is 0 Å². The van der Waals surface area contributed by atoms with Gasteiger partial charge in [0.15, 0.2) is 11.5 Å². The molecule has 3 aliphatic rings. The number of ether oxygens (including phenoxy) is 3. The lowest BCUT2D eigenvalue weighted by Gasteiger charge is -2.45. The summed E-state index contributed by atoms with van der Waals surface area (Å²) in [4.78, 5) is 14.3. The van der Waals surface area contributed by atoms with Crippen LogP contribution in [0, 0.1) is 0 Å². The number of rotatable bonds is 3. The van der Waals surface area contributed by atoms with Gasteiger partial charge in [0.05, 0.1) is 20.3 Å². The first-order chi connectivity index (χ1) is 11.6. The summed E-state index contributed by atoms with van der Waals surface area (Å²) in [5, 5.41) is 0. The molecular formula is C19H19NO4. The van der Waals surface area contributed by atoms with E-state index in [1.807, 2.05) is 36.6 Å². The van der Waals surface area contributed by atoms with Crippen molar-refractivity contribution in [1.82, 2.24) is 4.90 Å². The predicted octanol–water partition coefficient (Wildman–Crippen LogP) is 2.63. The fourth-order valence-corrected chi connectivity index (χ4v) is 3.92. The van der Waals surface area contributed by atoms with E-state index in [0.717, 1.165) is 16.7 Å². The largest absolute Gasteiger partial charge is 0.493 e. The molecule has 1 aliphatic carbocycles. The molecule has 1 amide bonds. The molecule has 0 radical (unpaired) electrons. The molecule has 0 N–H and O–H groups in total. The summed E-state index contributed by atoms with van der Waals surface area (Å²) in [6.45, 7) is 0. The summed E-state index contributed by atoms with van der Waals surface area (Å²) in [5.41, 5.74) is 2.50. The van der Waals surface area contributed by atoms with Gasteiger partial charge in [0.25, 0.3) is 5.91 Å². The van der Waals surface area contributed by atoms with Crippen LogP contribution in [0.4, 0.5) is 0 Å². The Kier molecular flexibility index (Phi) is 3.28. The van der Waals surface area contributed by atoms with Gasteiger partial charge in [-0.3, -0.25) is 4.79 Å². The van der Waals surface area contributed by atoms with E-state index in [0.29, 0.717) is 17.9 Å². The fourth-order valence-electron chi connectivity index (χ4n) is 3.92. The van der Waals surface area contributed by atoms with Crippen molar-refractivity contribution in [2.45, 2.75) is 18.1 Å². The first-order valence-corrected chi connectivity index (χ1v) is 7.85. The number of benzene rings is 1. The highest BCUT2D eigenvalue weighted by molar-refractivity contribution is 5.97. The molecule has 2 aliphatic heterocycles. The summed E-state index contributed by atoms with van der Waals surface area (Å²) in [7, 11) is 4.93. The predicted molar refractivity (Wildman–Crippen MR) is 89.7 cm³/mol.